The van der Waals surface area contributed by atoms with E-state index in [4.69, 9.17) is 0 Å². The van der Waals surface area contributed by atoms with E-state index in [0.29, 0.717) is 6.42 Å². The molecule has 0 saturated heterocycles. The Labute approximate surface area is 102 Å². The Kier molecular flexibility index (Phi) is 3.25. The van der Waals surface area contributed by atoms with Gasteiger partial charge >= 0.3 is 0 Å². The highest BCUT2D eigenvalue weighted by Gasteiger charge is 2.23. The Morgan fingerprint density at radius 1 is 1.12 bits per heavy atom. The zero-order valence-corrected chi connectivity index (χ0v) is 10.2. The first-order chi connectivity index (χ1) is 8.08. The van der Waals surface area contributed by atoms with Crippen LogP contribution in [0.1, 0.15) is 23.7 Å². The van der Waals surface area contributed by atoms with E-state index in [1.54, 1.807) is 0 Å². The highest BCUT2D eigenvalue weighted by atomic mass is 16.3. The zero-order valence-electron chi connectivity index (χ0n) is 10.2. The third-order valence-electron chi connectivity index (χ3n) is 2.89. The number of benzene rings is 1. The Morgan fingerprint density at radius 2 is 1.82 bits per heavy atom. The molecule has 0 aliphatic carbocycles. The maximum absolute atomic E-state index is 10.5. The lowest BCUT2D eigenvalue weighted by molar-refractivity contribution is 0.0566. The second kappa shape index (κ2) is 4.68. The van der Waals surface area contributed by atoms with Gasteiger partial charge in [0, 0.05) is 18.3 Å². The molecule has 88 valence electrons. The molecule has 0 saturated carbocycles. The summed E-state index contributed by atoms with van der Waals surface area (Å²) in [7, 11) is 0. The first kappa shape index (κ1) is 11.8. The molecular weight excluding hydrogens is 210 g/mol. The van der Waals surface area contributed by atoms with E-state index >= 15 is 0 Å². The molecule has 2 heteroatoms. The molecule has 0 amide bonds. The molecule has 1 atom stereocenters. The molecule has 0 aliphatic heterocycles. The van der Waals surface area contributed by atoms with Crippen LogP contribution in [-0.2, 0) is 12.0 Å². The van der Waals surface area contributed by atoms with Crippen LogP contribution >= 0.6 is 0 Å². The lowest BCUT2D eigenvalue weighted by Gasteiger charge is -2.23. The summed E-state index contributed by atoms with van der Waals surface area (Å²) in [6.45, 7) is 3.83. The van der Waals surface area contributed by atoms with Gasteiger partial charge in [-0.3, -0.25) is 4.98 Å². The minimum Gasteiger partial charge on any atom is -0.385 e. The van der Waals surface area contributed by atoms with Crippen LogP contribution in [0, 0.1) is 6.92 Å². The van der Waals surface area contributed by atoms with Gasteiger partial charge in [0.2, 0.25) is 0 Å². The van der Waals surface area contributed by atoms with E-state index in [1.165, 1.54) is 0 Å². The smallest absolute Gasteiger partial charge is 0.0923 e. The highest BCUT2D eigenvalue weighted by Crippen LogP contribution is 2.24. The van der Waals surface area contributed by atoms with Crippen molar-refractivity contribution in [3.63, 3.8) is 0 Å². The van der Waals surface area contributed by atoms with Crippen molar-refractivity contribution >= 4 is 0 Å². The normalized spacial score (nSPS) is 14.3. The highest BCUT2D eigenvalue weighted by molar-refractivity contribution is 5.24. The second-order valence-corrected chi connectivity index (χ2v) is 4.64. The van der Waals surface area contributed by atoms with Crippen molar-refractivity contribution < 1.29 is 5.11 Å². The van der Waals surface area contributed by atoms with Crippen LogP contribution in [0.15, 0.2) is 48.7 Å². The van der Waals surface area contributed by atoms with Gasteiger partial charge in [-0.1, -0.05) is 36.4 Å². The van der Waals surface area contributed by atoms with E-state index in [9.17, 15) is 5.11 Å². The molecule has 2 aromatic rings. The van der Waals surface area contributed by atoms with Gasteiger partial charge in [-0.25, -0.2) is 0 Å². The predicted molar refractivity (Wildman–Crippen MR) is 68.7 cm³/mol. The molecule has 1 aromatic carbocycles. The summed E-state index contributed by atoms with van der Waals surface area (Å²) in [5.74, 6) is 0. The monoisotopic (exact) mass is 227 g/mol. The third kappa shape index (κ3) is 2.92. The van der Waals surface area contributed by atoms with E-state index in [1.807, 2.05) is 62.5 Å². The Hall–Kier alpha value is -1.67. The number of rotatable bonds is 3. The molecule has 2 rings (SSSR count). The van der Waals surface area contributed by atoms with Gasteiger partial charge in [-0.2, -0.15) is 0 Å². The van der Waals surface area contributed by atoms with Gasteiger partial charge in [0.1, 0.15) is 0 Å². The molecule has 0 fully saturated rings. The molecule has 1 unspecified atom stereocenters. The standard InChI is InChI=1S/C15H17NO/c1-12-8-9-14(16-11-12)10-15(2,17)13-6-4-3-5-7-13/h3-9,11,17H,10H2,1-2H3. The van der Waals surface area contributed by atoms with E-state index in [-0.39, 0.29) is 0 Å². The van der Waals surface area contributed by atoms with Gasteiger partial charge in [0.05, 0.1) is 5.60 Å². The fraction of sp³-hybridized carbons (Fsp3) is 0.267. The average Bonchev–Trinajstić information content (AvgIpc) is 2.33. The largest absolute Gasteiger partial charge is 0.385 e. The van der Waals surface area contributed by atoms with Crippen LogP contribution in [-0.4, -0.2) is 10.1 Å². The summed E-state index contributed by atoms with van der Waals surface area (Å²) in [6.07, 6.45) is 2.35. The van der Waals surface area contributed by atoms with Crippen molar-refractivity contribution in [1.29, 1.82) is 0 Å². The average molecular weight is 227 g/mol. The first-order valence-corrected chi connectivity index (χ1v) is 5.77. The Balaban J connectivity index is 2.20. The predicted octanol–water partition coefficient (Wildman–Crippen LogP) is 2.84. The van der Waals surface area contributed by atoms with Crippen LogP contribution in [0.4, 0.5) is 0 Å². The number of nitrogens with zero attached hydrogens (tertiary/aromatic N) is 1. The van der Waals surface area contributed by atoms with Crippen LogP contribution < -0.4 is 0 Å². The number of pyridine rings is 1. The molecule has 1 N–H and O–H groups in total. The number of hydrogen-bond donors (Lipinski definition) is 1. The van der Waals surface area contributed by atoms with Gasteiger partial charge in [0.25, 0.3) is 0 Å². The van der Waals surface area contributed by atoms with Crippen molar-refractivity contribution in [2.24, 2.45) is 0 Å². The lowest BCUT2D eigenvalue weighted by atomic mass is 9.91. The Bertz CT molecular complexity index is 474. The van der Waals surface area contributed by atoms with E-state index in [0.717, 1.165) is 16.8 Å². The summed E-state index contributed by atoms with van der Waals surface area (Å²) in [5, 5.41) is 10.5. The van der Waals surface area contributed by atoms with Gasteiger partial charge in [0.15, 0.2) is 0 Å². The second-order valence-electron chi connectivity index (χ2n) is 4.64. The molecular formula is C15H17NO. The third-order valence-corrected chi connectivity index (χ3v) is 2.89. The minimum atomic E-state index is -0.872. The minimum absolute atomic E-state index is 0.525. The van der Waals surface area contributed by atoms with Gasteiger partial charge in [-0.15, -0.1) is 0 Å². The van der Waals surface area contributed by atoms with Crippen LogP contribution in [0.2, 0.25) is 0 Å². The molecule has 1 heterocycles. The molecule has 0 radical (unpaired) electrons. The fourth-order valence-electron chi connectivity index (χ4n) is 1.85. The lowest BCUT2D eigenvalue weighted by Crippen LogP contribution is -2.24. The number of aryl methyl sites for hydroxylation is 1. The van der Waals surface area contributed by atoms with Crippen LogP contribution in [0.3, 0.4) is 0 Å². The zero-order chi connectivity index (χ0) is 12.3. The molecule has 0 bridgehead atoms. The molecule has 2 nitrogen and oxygen atoms in total. The molecule has 0 spiro atoms. The first-order valence-electron chi connectivity index (χ1n) is 5.77. The summed E-state index contributed by atoms with van der Waals surface area (Å²) in [4.78, 5) is 4.33. The SMILES string of the molecule is Cc1ccc(CC(C)(O)c2ccccc2)nc1. The van der Waals surface area contributed by atoms with Gasteiger partial charge in [-0.05, 0) is 31.0 Å². The number of aromatic nitrogens is 1. The maximum Gasteiger partial charge on any atom is 0.0923 e. The maximum atomic E-state index is 10.5. The Morgan fingerprint density at radius 3 is 2.41 bits per heavy atom. The fourth-order valence-corrected chi connectivity index (χ4v) is 1.85. The summed E-state index contributed by atoms with van der Waals surface area (Å²) >= 11 is 0. The topological polar surface area (TPSA) is 33.1 Å². The van der Waals surface area contributed by atoms with Crippen molar-refractivity contribution in [2.45, 2.75) is 25.9 Å². The summed E-state index contributed by atoms with van der Waals surface area (Å²) in [6, 6.07) is 13.7. The number of hydrogen-bond acceptors (Lipinski definition) is 2. The van der Waals surface area contributed by atoms with Crippen LogP contribution in [0.25, 0.3) is 0 Å². The van der Waals surface area contributed by atoms with Crippen molar-refractivity contribution in [1.82, 2.24) is 4.98 Å². The molecule has 1 aromatic heterocycles. The molecule has 17 heavy (non-hydrogen) atoms. The quantitative estimate of drug-likeness (QED) is 0.874. The van der Waals surface area contributed by atoms with Gasteiger partial charge < -0.3 is 5.11 Å². The number of aliphatic hydroxyl groups is 1. The van der Waals surface area contributed by atoms with E-state index in [2.05, 4.69) is 4.98 Å². The van der Waals surface area contributed by atoms with E-state index < -0.39 is 5.60 Å². The summed E-state index contributed by atoms with van der Waals surface area (Å²) in [5.41, 5.74) is 2.09. The van der Waals surface area contributed by atoms with Crippen LogP contribution in [0.5, 0.6) is 0 Å². The summed E-state index contributed by atoms with van der Waals surface area (Å²) < 4.78 is 0. The van der Waals surface area contributed by atoms with Crippen molar-refractivity contribution in [3.05, 3.63) is 65.5 Å². The van der Waals surface area contributed by atoms with Crippen molar-refractivity contribution in [3.8, 4) is 0 Å². The van der Waals surface area contributed by atoms with Crippen molar-refractivity contribution in [2.75, 3.05) is 0 Å². The molecule has 0 aliphatic rings.